The summed E-state index contributed by atoms with van der Waals surface area (Å²) in [5.41, 5.74) is 4.32. The van der Waals surface area contributed by atoms with Crippen LogP contribution in [-0.2, 0) is 24.2 Å². The lowest BCUT2D eigenvalue weighted by atomic mass is 9.92. The fraction of sp³-hybridized carbons (Fsp3) is 0.656. The Balaban J connectivity index is 1.14. The van der Waals surface area contributed by atoms with E-state index < -0.39 is 30.8 Å². The van der Waals surface area contributed by atoms with Gasteiger partial charge in [0.25, 0.3) is 11.8 Å². The summed E-state index contributed by atoms with van der Waals surface area (Å²) >= 11 is 0. The van der Waals surface area contributed by atoms with Crippen molar-refractivity contribution in [2.75, 3.05) is 57.3 Å². The number of aliphatic hydroxyl groups excluding tert-OH is 1. The molecule has 44 heavy (non-hydrogen) atoms. The number of hydrogen-bond donors (Lipinski definition) is 1. The fourth-order valence-electron chi connectivity index (χ4n) is 7.30. The molecule has 3 fully saturated rings. The van der Waals surface area contributed by atoms with Crippen LogP contribution in [-0.4, -0.2) is 118 Å². The van der Waals surface area contributed by atoms with Crippen molar-refractivity contribution in [3.05, 3.63) is 46.3 Å². The minimum absolute atomic E-state index is 0.0161. The summed E-state index contributed by atoms with van der Waals surface area (Å²) in [6.45, 7) is 7.77. The molecule has 6 rings (SSSR count). The molecule has 1 aromatic heterocycles. The van der Waals surface area contributed by atoms with Crippen molar-refractivity contribution in [3.8, 4) is 0 Å². The molecule has 4 aliphatic rings. The van der Waals surface area contributed by atoms with Crippen molar-refractivity contribution >= 4 is 17.5 Å². The number of aryl methyl sites for hydroxylation is 1. The number of nitrogens with zero attached hydrogens (tertiary/aromatic N) is 6. The quantitative estimate of drug-likeness (QED) is 0.557. The number of aromatic nitrogens is 2. The third kappa shape index (κ3) is 6.20. The van der Waals surface area contributed by atoms with Crippen molar-refractivity contribution in [2.45, 2.75) is 83.2 Å². The van der Waals surface area contributed by atoms with E-state index in [9.17, 15) is 23.5 Å². The Hall–Kier alpha value is -3.12. The zero-order valence-electron chi connectivity index (χ0n) is 25.7. The number of piperidine rings is 2. The lowest BCUT2D eigenvalue weighted by Crippen LogP contribution is -2.55. The molecule has 0 saturated carbocycles. The highest BCUT2D eigenvalue weighted by atomic mass is 19.3. The van der Waals surface area contributed by atoms with E-state index in [1.54, 1.807) is 4.90 Å². The van der Waals surface area contributed by atoms with Gasteiger partial charge in [0.1, 0.15) is 12.7 Å². The summed E-state index contributed by atoms with van der Waals surface area (Å²) in [5.74, 6) is -3.63. The van der Waals surface area contributed by atoms with Gasteiger partial charge in [0.2, 0.25) is 5.91 Å². The van der Waals surface area contributed by atoms with Crippen molar-refractivity contribution in [3.63, 3.8) is 0 Å². The first-order valence-electron chi connectivity index (χ1n) is 15.9. The van der Waals surface area contributed by atoms with Crippen LogP contribution in [0.2, 0.25) is 0 Å². The number of anilines is 1. The standard InChI is InChI=1S/C32H43F3N6O3/c1-21-4-3-5-26(22(21)2)38-14-16-39(17-15-38)29(43)20-41-28-18-32(34,35)10-6-24(28)30(36-41)31(44)40-13-9-27(25(33)19-40)37-11-7-23(42)8-12-37/h3-5,23,25,27,42H,6-20H2,1-2H3/t25-,27+/m0/s1. The molecule has 12 heteroatoms. The van der Waals surface area contributed by atoms with Crippen LogP contribution in [0.15, 0.2) is 18.2 Å². The van der Waals surface area contributed by atoms with E-state index in [0.717, 1.165) is 5.69 Å². The molecule has 0 radical (unpaired) electrons. The number of likely N-dealkylation sites (tertiary alicyclic amines) is 2. The van der Waals surface area contributed by atoms with E-state index in [1.807, 2.05) is 6.07 Å². The average Bonchev–Trinajstić information content (AvgIpc) is 3.34. The molecule has 4 heterocycles. The Morgan fingerprint density at radius 1 is 1.00 bits per heavy atom. The third-order valence-electron chi connectivity index (χ3n) is 10.1. The summed E-state index contributed by atoms with van der Waals surface area (Å²) < 4.78 is 45.8. The maximum atomic E-state index is 15.4. The summed E-state index contributed by atoms with van der Waals surface area (Å²) in [6, 6.07) is 5.87. The number of benzene rings is 1. The van der Waals surface area contributed by atoms with Gasteiger partial charge < -0.3 is 19.8 Å². The molecule has 1 aliphatic carbocycles. The van der Waals surface area contributed by atoms with Gasteiger partial charge in [-0.15, -0.1) is 0 Å². The molecule has 3 saturated heterocycles. The highest BCUT2D eigenvalue weighted by molar-refractivity contribution is 5.94. The smallest absolute Gasteiger partial charge is 0.274 e. The zero-order valence-corrected chi connectivity index (χ0v) is 25.7. The van der Waals surface area contributed by atoms with Gasteiger partial charge in [-0.1, -0.05) is 12.1 Å². The monoisotopic (exact) mass is 616 g/mol. The number of rotatable bonds is 5. The van der Waals surface area contributed by atoms with E-state index in [4.69, 9.17) is 0 Å². The van der Waals surface area contributed by atoms with Crippen LogP contribution < -0.4 is 4.90 Å². The molecule has 0 unspecified atom stereocenters. The summed E-state index contributed by atoms with van der Waals surface area (Å²) in [4.78, 5) is 34.6. The normalized spacial score (nSPS) is 24.8. The zero-order chi connectivity index (χ0) is 31.2. The topological polar surface area (TPSA) is 85.2 Å². The number of hydrogen-bond acceptors (Lipinski definition) is 6. The molecule has 1 N–H and O–H groups in total. The van der Waals surface area contributed by atoms with E-state index in [1.165, 1.54) is 20.7 Å². The van der Waals surface area contributed by atoms with Crippen LogP contribution >= 0.6 is 0 Å². The van der Waals surface area contributed by atoms with Crippen molar-refractivity contribution < 1.29 is 27.9 Å². The summed E-state index contributed by atoms with van der Waals surface area (Å²) in [5, 5.41) is 14.3. The average molecular weight is 617 g/mol. The SMILES string of the molecule is Cc1cccc(N2CCN(C(=O)Cn3nc(C(=O)N4CC[C@@H](N5CCC(O)CC5)[C@@H](F)C4)c4c3CC(F)(F)CC4)CC2)c1C. The van der Waals surface area contributed by atoms with Gasteiger partial charge in [-0.25, -0.2) is 13.2 Å². The molecule has 0 bridgehead atoms. The molecule has 3 aliphatic heterocycles. The van der Waals surface area contributed by atoms with E-state index in [0.29, 0.717) is 70.6 Å². The van der Waals surface area contributed by atoms with Crippen molar-refractivity contribution in [1.29, 1.82) is 0 Å². The van der Waals surface area contributed by atoms with Crippen LogP contribution in [0.4, 0.5) is 18.9 Å². The Bertz CT molecular complexity index is 1380. The summed E-state index contributed by atoms with van der Waals surface area (Å²) in [7, 11) is 0. The van der Waals surface area contributed by atoms with Gasteiger partial charge in [0.05, 0.1) is 19.1 Å². The van der Waals surface area contributed by atoms with Gasteiger partial charge in [-0.05, 0) is 56.7 Å². The first-order chi connectivity index (χ1) is 21.0. The largest absolute Gasteiger partial charge is 0.393 e. The minimum Gasteiger partial charge on any atom is -0.393 e. The van der Waals surface area contributed by atoms with E-state index in [-0.39, 0.29) is 49.0 Å². The van der Waals surface area contributed by atoms with Crippen LogP contribution in [0.1, 0.15) is 58.6 Å². The molecule has 240 valence electrons. The van der Waals surface area contributed by atoms with Gasteiger partial charge >= 0.3 is 0 Å². The van der Waals surface area contributed by atoms with Gasteiger partial charge in [0, 0.05) is 75.2 Å². The van der Waals surface area contributed by atoms with Crippen LogP contribution in [0.3, 0.4) is 0 Å². The van der Waals surface area contributed by atoms with Crippen molar-refractivity contribution in [2.24, 2.45) is 0 Å². The van der Waals surface area contributed by atoms with Crippen molar-refractivity contribution in [1.82, 2.24) is 24.5 Å². The summed E-state index contributed by atoms with van der Waals surface area (Å²) in [6.07, 6.45) is -0.913. The first-order valence-corrected chi connectivity index (χ1v) is 15.9. The molecule has 2 atom stereocenters. The number of carbonyl (C=O) groups excluding carboxylic acids is 2. The minimum atomic E-state index is -2.95. The number of carbonyl (C=O) groups is 2. The second kappa shape index (κ2) is 12.3. The lowest BCUT2D eigenvalue weighted by molar-refractivity contribution is -0.132. The van der Waals surface area contributed by atoms with Gasteiger partial charge in [-0.3, -0.25) is 19.2 Å². The van der Waals surface area contributed by atoms with Gasteiger partial charge in [0.15, 0.2) is 5.69 Å². The Kier molecular flexibility index (Phi) is 8.67. The highest BCUT2D eigenvalue weighted by Crippen LogP contribution is 2.36. The molecule has 2 amide bonds. The molecular weight excluding hydrogens is 573 g/mol. The van der Waals surface area contributed by atoms with Crippen LogP contribution in [0.5, 0.6) is 0 Å². The Labute approximate surface area is 256 Å². The van der Waals surface area contributed by atoms with E-state index >= 15 is 4.39 Å². The first kappa shape index (κ1) is 30.9. The number of aliphatic hydroxyl groups is 1. The highest BCUT2D eigenvalue weighted by Gasteiger charge is 2.42. The number of alkyl halides is 3. The Morgan fingerprint density at radius 2 is 1.73 bits per heavy atom. The number of halogens is 3. The third-order valence-corrected chi connectivity index (χ3v) is 10.1. The maximum absolute atomic E-state index is 15.4. The number of amides is 2. The molecule has 9 nitrogen and oxygen atoms in total. The molecular formula is C32H43F3N6O3. The fourth-order valence-corrected chi connectivity index (χ4v) is 7.30. The second-order valence-corrected chi connectivity index (χ2v) is 12.9. The van der Waals surface area contributed by atoms with Crippen LogP contribution in [0, 0.1) is 13.8 Å². The molecule has 0 spiro atoms. The van der Waals surface area contributed by atoms with Gasteiger partial charge in [-0.2, -0.15) is 5.10 Å². The van der Waals surface area contributed by atoms with E-state index in [2.05, 4.69) is 40.9 Å². The number of fused-ring (bicyclic) bond motifs is 1. The maximum Gasteiger partial charge on any atom is 0.274 e. The molecule has 2 aromatic rings. The lowest BCUT2D eigenvalue weighted by Gasteiger charge is -2.42. The predicted octanol–water partition coefficient (Wildman–Crippen LogP) is 2.98. The Morgan fingerprint density at radius 3 is 2.43 bits per heavy atom. The predicted molar refractivity (Wildman–Crippen MR) is 160 cm³/mol. The van der Waals surface area contributed by atoms with Crippen LogP contribution in [0.25, 0.3) is 0 Å². The second-order valence-electron chi connectivity index (χ2n) is 12.9. The molecule has 1 aromatic carbocycles. The number of piperazine rings is 1.